The number of alkyl halides is 1. The van der Waals surface area contributed by atoms with Crippen LogP contribution in [-0.2, 0) is 0 Å². The molecule has 1 unspecified atom stereocenters. The van der Waals surface area contributed by atoms with Crippen molar-refractivity contribution in [1.82, 2.24) is 0 Å². The maximum absolute atomic E-state index is 5.88. The Hall–Kier alpha value is 0.0300. The molecule has 1 aliphatic rings. The number of hydrogen-bond donors (Lipinski definition) is 0. The summed E-state index contributed by atoms with van der Waals surface area (Å²) in [6, 6.07) is 0. The summed E-state index contributed by atoms with van der Waals surface area (Å²) in [5.74, 6) is 1.24. The number of halogens is 1. The van der Waals surface area contributed by atoms with Crippen LogP contribution < -0.4 is 0 Å². The lowest BCUT2D eigenvalue weighted by Gasteiger charge is -2.47. The summed E-state index contributed by atoms with van der Waals surface area (Å²) in [5.41, 5.74) is 2.09. The first-order chi connectivity index (χ1) is 6.28. The normalized spacial score (nSPS) is 29.9. The Bertz CT molecular complexity index is 225. The molecular weight excluding hydrogens is 192 g/mol. The fourth-order valence-corrected chi connectivity index (χ4v) is 3.41. The highest BCUT2D eigenvalue weighted by molar-refractivity contribution is 6.19. The minimum atomic E-state index is 0.369. The minimum absolute atomic E-state index is 0.369. The van der Waals surface area contributed by atoms with E-state index in [0.29, 0.717) is 22.6 Å². The lowest BCUT2D eigenvalue weighted by molar-refractivity contribution is 0.0686. The summed E-state index contributed by atoms with van der Waals surface area (Å²) in [7, 11) is 0. The summed E-state index contributed by atoms with van der Waals surface area (Å²) in [5, 5.41) is 0. The van der Waals surface area contributed by atoms with Gasteiger partial charge in [-0.2, -0.15) is 0 Å². The van der Waals surface area contributed by atoms with Crippen LogP contribution in [0.2, 0.25) is 0 Å². The molecule has 0 amide bonds. The predicted molar refractivity (Wildman–Crippen MR) is 64.8 cm³/mol. The van der Waals surface area contributed by atoms with Gasteiger partial charge < -0.3 is 0 Å². The van der Waals surface area contributed by atoms with E-state index in [0.717, 1.165) is 0 Å². The highest BCUT2D eigenvalue weighted by Gasteiger charge is 2.40. The zero-order chi connectivity index (χ0) is 11.0. The Morgan fingerprint density at radius 3 is 2.36 bits per heavy atom. The van der Waals surface area contributed by atoms with Gasteiger partial charge in [-0.15, -0.1) is 11.6 Å². The molecule has 1 heteroatoms. The van der Waals surface area contributed by atoms with Gasteiger partial charge in [-0.25, -0.2) is 0 Å². The Morgan fingerprint density at radius 1 is 1.36 bits per heavy atom. The molecule has 0 saturated heterocycles. The highest BCUT2D eigenvalue weighted by atomic mass is 35.5. The van der Waals surface area contributed by atoms with Crippen molar-refractivity contribution in [3.63, 3.8) is 0 Å². The quantitative estimate of drug-likeness (QED) is 0.464. The van der Waals surface area contributed by atoms with Crippen LogP contribution in [0, 0.1) is 16.7 Å². The van der Waals surface area contributed by atoms with E-state index in [1.165, 1.54) is 24.8 Å². The van der Waals surface area contributed by atoms with Gasteiger partial charge in [0.25, 0.3) is 0 Å². The van der Waals surface area contributed by atoms with Crippen LogP contribution in [0.15, 0.2) is 12.2 Å². The van der Waals surface area contributed by atoms with Gasteiger partial charge in [0, 0.05) is 5.88 Å². The monoisotopic (exact) mass is 214 g/mol. The van der Waals surface area contributed by atoms with Crippen LogP contribution in [0.5, 0.6) is 0 Å². The first-order valence-electron chi connectivity index (χ1n) is 5.52. The van der Waals surface area contributed by atoms with Gasteiger partial charge in [0.15, 0.2) is 0 Å². The fourth-order valence-electron chi connectivity index (χ4n) is 3.22. The summed E-state index contributed by atoms with van der Waals surface area (Å²) in [4.78, 5) is 0. The summed E-state index contributed by atoms with van der Waals surface area (Å²) < 4.78 is 0. The molecule has 0 aromatic rings. The molecule has 1 fully saturated rings. The van der Waals surface area contributed by atoms with Crippen molar-refractivity contribution in [1.29, 1.82) is 0 Å². The zero-order valence-electron chi connectivity index (χ0n) is 9.99. The number of hydrogen-bond acceptors (Lipinski definition) is 0. The van der Waals surface area contributed by atoms with Crippen LogP contribution in [-0.4, -0.2) is 5.88 Å². The second-order valence-corrected chi connectivity index (χ2v) is 6.48. The SMILES string of the molecule is C=C(CCl)C1CCC(C)(C)CC1(C)C. The molecule has 0 heterocycles. The summed E-state index contributed by atoms with van der Waals surface area (Å²) in [6.45, 7) is 13.6. The molecule has 0 aromatic heterocycles. The molecule has 0 aromatic carbocycles. The molecule has 0 bridgehead atoms. The van der Waals surface area contributed by atoms with Crippen LogP contribution >= 0.6 is 11.6 Å². The molecular formula is C13H23Cl. The highest BCUT2D eigenvalue weighted by Crippen LogP contribution is 2.51. The number of allylic oxidation sites excluding steroid dienone is 1. The fraction of sp³-hybridized carbons (Fsp3) is 0.846. The van der Waals surface area contributed by atoms with E-state index in [1.54, 1.807) is 0 Å². The largest absolute Gasteiger partial charge is 0.122 e. The van der Waals surface area contributed by atoms with Gasteiger partial charge in [0.05, 0.1) is 0 Å². The van der Waals surface area contributed by atoms with Gasteiger partial charge in [0.1, 0.15) is 0 Å². The third kappa shape index (κ3) is 2.53. The molecule has 1 saturated carbocycles. The third-order valence-electron chi connectivity index (χ3n) is 3.65. The predicted octanol–water partition coefficient (Wildman–Crippen LogP) is 4.63. The van der Waals surface area contributed by atoms with E-state index >= 15 is 0 Å². The van der Waals surface area contributed by atoms with Gasteiger partial charge in [-0.3, -0.25) is 0 Å². The Balaban J connectivity index is 2.78. The molecule has 82 valence electrons. The Kier molecular flexibility index (Phi) is 3.36. The van der Waals surface area contributed by atoms with Gasteiger partial charge >= 0.3 is 0 Å². The van der Waals surface area contributed by atoms with E-state index in [-0.39, 0.29) is 0 Å². The van der Waals surface area contributed by atoms with Crippen molar-refractivity contribution in [2.24, 2.45) is 16.7 Å². The van der Waals surface area contributed by atoms with Crippen LogP contribution in [0.25, 0.3) is 0 Å². The van der Waals surface area contributed by atoms with Gasteiger partial charge in [-0.1, -0.05) is 39.8 Å². The van der Waals surface area contributed by atoms with Crippen LogP contribution in [0.4, 0.5) is 0 Å². The van der Waals surface area contributed by atoms with Crippen LogP contribution in [0.1, 0.15) is 47.0 Å². The maximum Gasteiger partial charge on any atom is 0.0433 e. The molecule has 1 aliphatic carbocycles. The topological polar surface area (TPSA) is 0 Å². The minimum Gasteiger partial charge on any atom is -0.122 e. The molecule has 0 radical (unpaired) electrons. The van der Waals surface area contributed by atoms with Crippen LogP contribution in [0.3, 0.4) is 0 Å². The maximum atomic E-state index is 5.88. The molecule has 0 nitrogen and oxygen atoms in total. The second kappa shape index (κ2) is 3.89. The van der Waals surface area contributed by atoms with Crippen molar-refractivity contribution >= 4 is 11.6 Å². The van der Waals surface area contributed by atoms with E-state index < -0.39 is 0 Å². The summed E-state index contributed by atoms with van der Waals surface area (Å²) in [6.07, 6.45) is 3.84. The van der Waals surface area contributed by atoms with Crippen molar-refractivity contribution in [2.75, 3.05) is 5.88 Å². The van der Waals surface area contributed by atoms with E-state index in [9.17, 15) is 0 Å². The molecule has 0 aliphatic heterocycles. The van der Waals surface area contributed by atoms with E-state index in [2.05, 4.69) is 34.3 Å². The second-order valence-electron chi connectivity index (χ2n) is 6.21. The van der Waals surface area contributed by atoms with E-state index in [4.69, 9.17) is 11.6 Å². The third-order valence-corrected chi connectivity index (χ3v) is 4.00. The standard InChI is InChI=1S/C13H23Cl/c1-10(8-14)11-6-7-12(2,3)9-13(11,4)5/h11H,1,6-9H2,2-5H3. The Labute approximate surface area is 93.7 Å². The first kappa shape index (κ1) is 12.1. The summed E-state index contributed by atoms with van der Waals surface area (Å²) >= 11 is 5.88. The van der Waals surface area contributed by atoms with Crippen molar-refractivity contribution in [3.8, 4) is 0 Å². The molecule has 1 rings (SSSR count). The van der Waals surface area contributed by atoms with Crippen molar-refractivity contribution in [2.45, 2.75) is 47.0 Å². The van der Waals surface area contributed by atoms with Crippen molar-refractivity contribution in [3.05, 3.63) is 12.2 Å². The Morgan fingerprint density at radius 2 is 1.93 bits per heavy atom. The lowest BCUT2D eigenvalue weighted by atomic mass is 9.58. The zero-order valence-corrected chi connectivity index (χ0v) is 10.7. The molecule has 14 heavy (non-hydrogen) atoms. The molecule has 1 atom stereocenters. The van der Waals surface area contributed by atoms with Gasteiger partial charge in [-0.05, 0) is 36.0 Å². The molecule has 0 spiro atoms. The van der Waals surface area contributed by atoms with Gasteiger partial charge in [0.2, 0.25) is 0 Å². The van der Waals surface area contributed by atoms with E-state index in [1.807, 2.05) is 0 Å². The lowest BCUT2D eigenvalue weighted by Crippen LogP contribution is -2.37. The average molecular weight is 215 g/mol. The average Bonchev–Trinajstić information content (AvgIpc) is 1.99. The first-order valence-corrected chi connectivity index (χ1v) is 6.06. The smallest absolute Gasteiger partial charge is 0.0433 e. The molecule has 0 N–H and O–H groups in total. The number of rotatable bonds is 2. The van der Waals surface area contributed by atoms with Crippen molar-refractivity contribution < 1.29 is 0 Å².